The predicted molar refractivity (Wildman–Crippen MR) is 77.0 cm³/mol. The van der Waals surface area contributed by atoms with Gasteiger partial charge in [0.25, 0.3) is 0 Å². The molecular weight excluding hydrogens is 300 g/mol. The maximum Gasteiger partial charge on any atom is 0.243 e. The van der Waals surface area contributed by atoms with Gasteiger partial charge in [-0.2, -0.15) is 4.31 Å². The number of halogens is 1. The Morgan fingerprint density at radius 3 is 2.65 bits per heavy atom. The molecule has 1 atom stereocenters. The van der Waals surface area contributed by atoms with Gasteiger partial charge in [0.2, 0.25) is 15.9 Å². The zero-order valence-corrected chi connectivity index (χ0v) is 12.7. The summed E-state index contributed by atoms with van der Waals surface area (Å²) in [5.74, 6) is -0.234. The van der Waals surface area contributed by atoms with Crippen molar-refractivity contribution in [3.63, 3.8) is 0 Å². The van der Waals surface area contributed by atoms with Gasteiger partial charge in [-0.25, -0.2) is 8.42 Å². The summed E-state index contributed by atoms with van der Waals surface area (Å²) in [7, 11) is -3.65. The first-order chi connectivity index (χ1) is 9.46. The Kier molecular flexibility index (Phi) is 4.67. The average molecular weight is 317 g/mol. The first kappa shape index (κ1) is 15.3. The van der Waals surface area contributed by atoms with Gasteiger partial charge in [-0.15, -0.1) is 0 Å². The summed E-state index contributed by atoms with van der Waals surface area (Å²) in [4.78, 5) is 12.1. The van der Waals surface area contributed by atoms with Crippen molar-refractivity contribution in [3.8, 4) is 0 Å². The maximum absolute atomic E-state index is 12.6. The van der Waals surface area contributed by atoms with Crippen LogP contribution in [-0.4, -0.2) is 37.8 Å². The molecule has 20 heavy (non-hydrogen) atoms. The van der Waals surface area contributed by atoms with Crippen molar-refractivity contribution in [3.05, 3.63) is 29.3 Å². The molecule has 0 bridgehead atoms. The van der Waals surface area contributed by atoms with Crippen LogP contribution in [0, 0.1) is 0 Å². The number of hydrogen-bond acceptors (Lipinski definition) is 3. The van der Waals surface area contributed by atoms with Crippen molar-refractivity contribution >= 4 is 27.5 Å². The first-order valence-electron chi connectivity index (χ1n) is 6.52. The van der Waals surface area contributed by atoms with Gasteiger partial charge in [-0.3, -0.25) is 4.79 Å². The Balaban J connectivity index is 2.28. The standard InChI is InChI=1S/C13H17ClN2O3S/c1-2-15-13(17)12-4-3-9-16(12)20(18,19)11-7-5-10(14)6-8-11/h5-8,12H,2-4,9H2,1H3,(H,15,17)/t12-/m0/s1. The molecule has 110 valence electrons. The summed E-state index contributed by atoms with van der Waals surface area (Å²) in [6, 6.07) is 5.38. The number of hydrogen-bond donors (Lipinski definition) is 1. The minimum Gasteiger partial charge on any atom is -0.355 e. The Hall–Kier alpha value is -1.11. The average Bonchev–Trinajstić information content (AvgIpc) is 2.89. The summed E-state index contributed by atoms with van der Waals surface area (Å²) in [6.07, 6.45) is 1.24. The van der Waals surface area contributed by atoms with Crippen LogP contribution >= 0.6 is 11.6 Å². The van der Waals surface area contributed by atoms with E-state index in [4.69, 9.17) is 11.6 Å². The molecule has 0 radical (unpaired) electrons. The van der Waals surface area contributed by atoms with Crippen LogP contribution in [0.15, 0.2) is 29.2 Å². The van der Waals surface area contributed by atoms with Crippen LogP contribution in [0.4, 0.5) is 0 Å². The Morgan fingerprint density at radius 2 is 2.05 bits per heavy atom. The quantitative estimate of drug-likeness (QED) is 0.918. The van der Waals surface area contributed by atoms with Crippen LogP contribution < -0.4 is 5.32 Å². The SMILES string of the molecule is CCNC(=O)[C@@H]1CCCN1S(=O)(=O)c1ccc(Cl)cc1. The third-order valence-electron chi connectivity index (χ3n) is 3.28. The second-order valence-corrected chi connectivity index (χ2v) is 6.95. The third kappa shape index (κ3) is 2.97. The third-order valence-corrected chi connectivity index (χ3v) is 5.45. The van der Waals surface area contributed by atoms with Crippen LogP contribution in [0.2, 0.25) is 5.02 Å². The van der Waals surface area contributed by atoms with Crippen molar-refractivity contribution in [2.75, 3.05) is 13.1 Å². The van der Waals surface area contributed by atoms with E-state index >= 15 is 0 Å². The van der Waals surface area contributed by atoms with Gasteiger partial charge in [-0.05, 0) is 44.0 Å². The second kappa shape index (κ2) is 6.11. The van der Waals surface area contributed by atoms with Crippen LogP contribution in [0.3, 0.4) is 0 Å². The highest BCUT2D eigenvalue weighted by Gasteiger charge is 2.39. The van der Waals surface area contributed by atoms with Gasteiger partial charge in [0.1, 0.15) is 6.04 Å². The lowest BCUT2D eigenvalue weighted by molar-refractivity contribution is -0.124. The van der Waals surface area contributed by atoms with E-state index in [0.29, 0.717) is 31.0 Å². The topological polar surface area (TPSA) is 66.5 Å². The Labute approximate surface area is 124 Å². The Morgan fingerprint density at radius 1 is 1.40 bits per heavy atom. The summed E-state index contributed by atoms with van der Waals surface area (Å²) in [5.41, 5.74) is 0. The van der Waals surface area contributed by atoms with Crippen LogP contribution in [-0.2, 0) is 14.8 Å². The number of nitrogens with zero attached hydrogens (tertiary/aromatic N) is 1. The molecule has 0 spiro atoms. The molecule has 0 aliphatic carbocycles. The lowest BCUT2D eigenvalue weighted by atomic mass is 10.2. The summed E-state index contributed by atoms with van der Waals surface area (Å²) >= 11 is 5.77. The van der Waals surface area contributed by atoms with E-state index in [1.807, 2.05) is 6.92 Å². The molecule has 0 aromatic heterocycles. The molecule has 0 saturated carbocycles. The number of nitrogens with one attached hydrogen (secondary N) is 1. The summed E-state index contributed by atoms with van der Waals surface area (Å²) in [5, 5.41) is 3.16. The van der Waals surface area contributed by atoms with Crippen molar-refractivity contribution in [1.29, 1.82) is 0 Å². The fourth-order valence-corrected chi connectivity index (χ4v) is 4.11. The highest BCUT2D eigenvalue weighted by atomic mass is 35.5. The molecule has 1 aromatic carbocycles. The highest BCUT2D eigenvalue weighted by molar-refractivity contribution is 7.89. The van der Waals surface area contributed by atoms with E-state index in [9.17, 15) is 13.2 Å². The second-order valence-electron chi connectivity index (χ2n) is 4.62. The molecular formula is C13H17ClN2O3S. The van der Waals surface area contributed by atoms with Crippen molar-refractivity contribution in [2.45, 2.75) is 30.7 Å². The molecule has 0 unspecified atom stereocenters. The zero-order chi connectivity index (χ0) is 14.8. The molecule has 1 aliphatic rings. The van der Waals surface area contributed by atoms with E-state index in [-0.39, 0.29) is 10.8 Å². The predicted octanol–water partition coefficient (Wildman–Crippen LogP) is 1.63. The van der Waals surface area contributed by atoms with E-state index in [0.717, 1.165) is 0 Å². The monoisotopic (exact) mass is 316 g/mol. The number of benzene rings is 1. The van der Waals surface area contributed by atoms with Gasteiger partial charge >= 0.3 is 0 Å². The number of carbonyl (C=O) groups is 1. The zero-order valence-electron chi connectivity index (χ0n) is 11.2. The van der Waals surface area contributed by atoms with Gasteiger partial charge in [0, 0.05) is 18.1 Å². The lowest BCUT2D eigenvalue weighted by Gasteiger charge is -2.23. The molecule has 5 nitrogen and oxygen atoms in total. The van der Waals surface area contributed by atoms with Crippen LogP contribution in [0.25, 0.3) is 0 Å². The highest BCUT2D eigenvalue weighted by Crippen LogP contribution is 2.26. The smallest absolute Gasteiger partial charge is 0.243 e. The van der Waals surface area contributed by atoms with Crippen molar-refractivity contribution in [1.82, 2.24) is 9.62 Å². The largest absolute Gasteiger partial charge is 0.355 e. The molecule has 1 aromatic rings. The van der Waals surface area contributed by atoms with E-state index in [2.05, 4.69) is 5.32 Å². The van der Waals surface area contributed by atoms with Crippen LogP contribution in [0.5, 0.6) is 0 Å². The van der Waals surface area contributed by atoms with E-state index in [1.165, 1.54) is 28.6 Å². The van der Waals surface area contributed by atoms with Crippen molar-refractivity contribution in [2.24, 2.45) is 0 Å². The number of amides is 1. The first-order valence-corrected chi connectivity index (χ1v) is 8.33. The van der Waals surface area contributed by atoms with Crippen molar-refractivity contribution < 1.29 is 13.2 Å². The number of sulfonamides is 1. The number of likely N-dealkylation sites (N-methyl/N-ethyl adjacent to an activating group) is 1. The van der Waals surface area contributed by atoms with Gasteiger partial charge < -0.3 is 5.32 Å². The Bertz CT molecular complexity index is 586. The summed E-state index contributed by atoms with van der Waals surface area (Å²) < 4.78 is 26.4. The molecule has 1 saturated heterocycles. The maximum atomic E-state index is 12.6. The normalized spacial score (nSPS) is 20.0. The number of rotatable bonds is 4. The van der Waals surface area contributed by atoms with Gasteiger partial charge in [-0.1, -0.05) is 11.6 Å². The molecule has 1 N–H and O–H groups in total. The van der Waals surface area contributed by atoms with Gasteiger partial charge in [0.05, 0.1) is 4.90 Å². The molecule has 2 rings (SSSR count). The van der Waals surface area contributed by atoms with Gasteiger partial charge in [0.15, 0.2) is 0 Å². The minimum atomic E-state index is -3.65. The molecule has 1 amide bonds. The van der Waals surface area contributed by atoms with Crippen LogP contribution in [0.1, 0.15) is 19.8 Å². The molecule has 1 fully saturated rings. The lowest BCUT2D eigenvalue weighted by Crippen LogP contribution is -2.45. The number of carbonyl (C=O) groups excluding carboxylic acids is 1. The fraction of sp³-hybridized carbons (Fsp3) is 0.462. The molecule has 1 aliphatic heterocycles. The summed E-state index contributed by atoms with van der Waals surface area (Å²) in [6.45, 7) is 2.67. The molecule has 1 heterocycles. The fourth-order valence-electron chi connectivity index (χ4n) is 2.32. The van der Waals surface area contributed by atoms with E-state index in [1.54, 1.807) is 0 Å². The minimum absolute atomic E-state index is 0.165. The van der Waals surface area contributed by atoms with E-state index < -0.39 is 16.1 Å². The molecule has 7 heteroatoms.